The van der Waals surface area contributed by atoms with Crippen molar-refractivity contribution in [2.75, 3.05) is 5.32 Å². The molecule has 0 aliphatic heterocycles. The van der Waals surface area contributed by atoms with Crippen molar-refractivity contribution in [3.05, 3.63) is 51.0 Å². The Kier molecular flexibility index (Phi) is 3.76. The molecule has 0 radical (unpaired) electrons. The van der Waals surface area contributed by atoms with E-state index in [4.69, 9.17) is 4.42 Å². The third kappa shape index (κ3) is 3.03. The first kappa shape index (κ1) is 12.5. The van der Waals surface area contributed by atoms with Gasteiger partial charge in [-0.05, 0) is 67.6 Å². The summed E-state index contributed by atoms with van der Waals surface area (Å²) >= 11 is 2.32. The molecule has 1 N–H and O–H groups in total. The van der Waals surface area contributed by atoms with Crippen LogP contribution in [0.15, 0.2) is 34.7 Å². The van der Waals surface area contributed by atoms with Gasteiger partial charge in [-0.3, -0.25) is 0 Å². The third-order valence-corrected chi connectivity index (χ3v) is 3.42. The number of nitrogens with one attached hydrogen (secondary N) is 1. The molecule has 0 aliphatic rings. The maximum Gasteiger partial charge on any atom is 0.106 e. The van der Waals surface area contributed by atoms with Crippen molar-refractivity contribution in [2.45, 2.75) is 26.8 Å². The molecular formula is C14H16INO. The molecule has 2 rings (SSSR count). The smallest absolute Gasteiger partial charge is 0.106 e. The minimum absolute atomic E-state index is 0.255. The molecule has 0 saturated carbocycles. The fourth-order valence-electron chi connectivity index (χ4n) is 1.99. The predicted octanol–water partition coefficient (Wildman–Crippen LogP) is 4.67. The van der Waals surface area contributed by atoms with E-state index in [1.807, 2.05) is 13.8 Å². The summed E-state index contributed by atoms with van der Waals surface area (Å²) in [5, 5.41) is 3.49. The highest BCUT2D eigenvalue weighted by Gasteiger charge is 2.12. The largest absolute Gasteiger partial charge is 0.466 e. The summed E-state index contributed by atoms with van der Waals surface area (Å²) in [6.45, 7) is 6.14. The first-order valence-electron chi connectivity index (χ1n) is 5.65. The molecule has 90 valence electrons. The molecule has 17 heavy (non-hydrogen) atoms. The van der Waals surface area contributed by atoms with Crippen LogP contribution in [0.4, 0.5) is 5.69 Å². The molecule has 1 heterocycles. The van der Waals surface area contributed by atoms with Crippen LogP contribution in [0.1, 0.15) is 30.0 Å². The van der Waals surface area contributed by atoms with Gasteiger partial charge in [0.05, 0.1) is 6.04 Å². The summed E-state index contributed by atoms with van der Waals surface area (Å²) < 4.78 is 6.79. The summed E-state index contributed by atoms with van der Waals surface area (Å²) in [4.78, 5) is 0. The number of hydrogen-bond donors (Lipinski definition) is 1. The molecule has 1 atom stereocenters. The van der Waals surface area contributed by atoms with Crippen LogP contribution in [0.2, 0.25) is 0 Å². The van der Waals surface area contributed by atoms with Crippen molar-refractivity contribution in [2.24, 2.45) is 0 Å². The first-order valence-corrected chi connectivity index (χ1v) is 6.73. The number of anilines is 1. The lowest BCUT2D eigenvalue weighted by Gasteiger charge is -2.14. The van der Waals surface area contributed by atoms with E-state index in [1.54, 1.807) is 0 Å². The lowest BCUT2D eigenvalue weighted by Crippen LogP contribution is -2.06. The summed E-state index contributed by atoms with van der Waals surface area (Å²) in [5.41, 5.74) is 2.36. The Balaban J connectivity index is 2.16. The van der Waals surface area contributed by atoms with E-state index in [2.05, 4.69) is 65.2 Å². The molecule has 1 aromatic heterocycles. The summed E-state index contributed by atoms with van der Waals surface area (Å²) in [5.74, 6) is 1.96. The normalized spacial score (nSPS) is 12.5. The highest BCUT2D eigenvalue weighted by atomic mass is 127. The van der Waals surface area contributed by atoms with Crippen molar-refractivity contribution in [1.82, 2.24) is 0 Å². The number of furan rings is 1. The van der Waals surface area contributed by atoms with Gasteiger partial charge in [0.1, 0.15) is 11.5 Å². The van der Waals surface area contributed by atoms with E-state index >= 15 is 0 Å². The molecule has 1 unspecified atom stereocenters. The molecule has 0 aliphatic carbocycles. The van der Waals surface area contributed by atoms with E-state index in [0.29, 0.717) is 0 Å². The molecule has 2 nitrogen and oxygen atoms in total. The zero-order chi connectivity index (χ0) is 12.4. The van der Waals surface area contributed by atoms with E-state index in [9.17, 15) is 0 Å². The average Bonchev–Trinajstić information content (AvgIpc) is 2.58. The van der Waals surface area contributed by atoms with Crippen LogP contribution >= 0.6 is 22.6 Å². The Morgan fingerprint density at radius 2 is 2.00 bits per heavy atom. The molecule has 0 saturated heterocycles. The zero-order valence-electron chi connectivity index (χ0n) is 10.3. The Bertz CT molecular complexity index is 519. The number of halogens is 1. The van der Waals surface area contributed by atoms with Crippen LogP contribution in [0, 0.1) is 17.4 Å². The number of hydrogen-bond acceptors (Lipinski definition) is 2. The predicted molar refractivity (Wildman–Crippen MR) is 79.4 cm³/mol. The number of benzene rings is 1. The maximum atomic E-state index is 5.56. The van der Waals surface area contributed by atoms with Gasteiger partial charge in [0.25, 0.3) is 0 Å². The average molecular weight is 341 g/mol. The summed E-state index contributed by atoms with van der Waals surface area (Å²) in [6, 6.07) is 10.7. The monoisotopic (exact) mass is 341 g/mol. The summed E-state index contributed by atoms with van der Waals surface area (Å²) in [6.07, 6.45) is 0. The SMILES string of the molecule is Cc1cc(C(C)Nc2cccc(I)c2)c(C)o1. The minimum atomic E-state index is 0.255. The Labute approximate surface area is 116 Å². The van der Waals surface area contributed by atoms with E-state index in [0.717, 1.165) is 17.2 Å². The quantitative estimate of drug-likeness (QED) is 0.821. The van der Waals surface area contributed by atoms with Gasteiger partial charge in [0, 0.05) is 14.8 Å². The fraction of sp³-hybridized carbons (Fsp3) is 0.286. The van der Waals surface area contributed by atoms with Gasteiger partial charge >= 0.3 is 0 Å². The topological polar surface area (TPSA) is 25.2 Å². The van der Waals surface area contributed by atoms with Crippen molar-refractivity contribution in [1.29, 1.82) is 0 Å². The van der Waals surface area contributed by atoms with Crippen molar-refractivity contribution < 1.29 is 4.42 Å². The van der Waals surface area contributed by atoms with Gasteiger partial charge in [-0.25, -0.2) is 0 Å². The second kappa shape index (κ2) is 5.12. The van der Waals surface area contributed by atoms with Crippen molar-refractivity contribution >= 4 is 28.3 Å². The molecule has 0 fully saturated rings. The lowest BCUT2D eigenvalue weighted by molar-refractivity contribution is 0.500. The van der Waals surface area contributed by atoms with Gasteiger partial charge in [-0.1, -0.05) is 6.07 Å². The third-order valence-electron chi connectivity index (χ3n) is 2.75. The Morgan fingerprint density at radius 3 is 2.59 bits per heavy atom. The maximum absolute atomic E-state index is 5.56. The van der Waals surface area contributed by atoms with Gasteiger partial charge < -0.3 is 9.73 Å². The van der Waals surface area contributed by atoms with Gasteiger partial charge in [-0.15, -0.1) is 0 Å². The number of rotatable bonds is 3. The van der Waals surface area contributed by atoms with Crippen LogP contribution in [0.5, 0.6) is 0 Å². The second-order valence-corrected chi connectivity index (χ2v) is 5.49. The number of aryl methyl sites for hydroxylation is 2. The van der Waals surface area contributed by atoms with Crippen LogP contribution in [-0.4, -0.2) is 0 Å². The summed E-state index contributed by atoms with van der Waals surface area (Å²) in [7, 11) is 0. The van der Waals surface area contributed by atoms with Crippen LogP contribution in [-0.2, 0) is 0 Å². The molecular weight excluding hydrogens is 325 g/mol. The van der Waals surface area contributed by atoms with Crippen molar-refractivity contribution in [3.8, 4) is 0 Å². The van der Waals surface area contributed by atoms with E-state index in [-0.39, 0.29) is 6.04 Å². The van der Waals surface area contributed by atoms with Gasteiger partial charge in [0.15, 0.2) is 0 Å². The molecule has 3 heteroatoms. The molecule has 0 bridgehead atoms. The zero-order valence-corrected chi connectivity index (χ0v) is 12.4. The fourth-order valence-corrected chi connectivity index (χ4v) is 2.53. The van der Waals surface area contributed by atoms with Gasteiger partial charge in [-0.2, -0.15) is 0 Å². The van der Waals surface area contributed by atoms with Crippen LogP contribution in [0.3, 0.4) is 0 Å². The molecule has 2 aromatic rings. The Hall–Kier alpha value is -0.970. The standard InChI is InChI=1S/C14H16INO/c1-9-7-14(11(3)17-9)10(2)16-13-6-4-5-12(15)8-13/h4-8,10,16H,1-3H3. The van der Waals surface area contributed by atoms with E-state index < -0.39 is 0 Å². The first-order chi connectivity index (χ1) is 8.06. The van der Waals surface area contributed by atoms with Crippen LogP contribution in [0.25, 0.3) is 0 Å². The molecule has 0 spiro atoms. The minimum Gasteiger partial charge on any atom is -0.466 e. The highest BCUT2D eigenvalue weighted by molar-refractivity contribution is 14.1. The van der Waals surface area contributed by atoms with Gasteiger partial charge in [0.2, 0.25) is 0 Å². The highest BCUT2D eigenvalue weighted by Crippen LogP contribution is 2.25. The van der Waals surface area contributed by atoms with Crippen LogP contribution < -0.4 is 5.32 Å². The lowest BCUT2D eigenvalue weighted by atomic mass is 10.1. The second-order valence-electron chi connectivity index (χ2n) is 4.24. The molecule has 1 aromatic carbocycles. The Morgan fingerprint density at radius 1 is 1.24 bits per heavy atom. The van der Waals surface area contributed by atoms with E-state index in [1.165, 1.54) is 9.13 Å². The molecule has 0 amide bonds. The van der Waals surface area contributed by atoms with Crippen molar-refractivity contribution in [3.63, 3.8) is 0 Å².